The smallest absolute Gasteiger partial charge is 0.439 e. The Balaban J connectivity index is 1.36. The average Bonchev–Trinajstić information content (AvgIpc) is 3.62. The van der Waals surface area contributed by atoms with E-state index in [2.05, 4.69) is 26.7 Å². The van der Waals surface area contributed by atoms with Gasteiger partial charge in [0.05, 0.1) is 17.0 Å². The number of allylic oxidation sites excluding steroid dienone is 1. The number of H-pyrrole nitrogens is 1. The minimum atomic E-state index is -1.02. The molecule has 2 N–H and O–H groups in total. The number of aromatic nitrogens is 4. The van der Waals surface area contributed by atoms with Gasteiger partial charge >= 0.3 is 5.76 Å². The van der Waals surface area contributed by atoms with Gasteiger partial charge in [-0.05, 0) is 74.1 Å². The molecule has 3 aromatic heterocycles. The Morgan fingerprint density at radius 3 is 2.71 bits per heavy atom. The third kappa shape index (κ3) is 4.46. The van der Waals surface area contributed by atoms with Gasteiger partial charge in [-0.3, -0.25) is 9.51 Å². The van der Waals surface area contributed by atoms with Crippen LogP contribution in [-0.4, -0.2) is 24.6 Å². The van der Waals surface area contributed by atoms with Gasteiger partial charge in [0.1, 0.15) is 23.8 Å². The van der Waals surface area contributed by atoms with Gasteiger partial charge in [0, 0.05) is 41.3 Å². The summed E-state index contributed by atoms with van der Waals surface area (Å²) in [5, 5.41) is 14.7. The molecule has 0 amide bonds. The molecule has 0 radical (unpaired) electrons. The highest BCUT2D eigenvalue weighted by molar-refractivity contribution is 5.99. The minimum Gasteiger partial charge on any atom is -0.488 e. The summed E-state index contributed by atoms with van der Waals surface area (Å²) in [4.78, 5) is 19.4. The molecule has 9 heteroatoms. The number of hydrogen-bond donors (Lipinski definition) is 2. The number of aromatic amines is 1. The lowest BCUT2D eigenvalue weighted by molar-refractivity contribution is 0.0796. The molecular formula is C32H29FN4O4. The van der Waals surface area contributed by atoms with Gasteiger partial charge in [-0.2, -0.15) is 0 Å². The first kappa shape index (κ1) is 25.5. The van der Waals surface area contributed by atoms with E-state index in [1.54, 1.807) is 19.9 Å². The van der Waals surface area contributed by atoms with Crippen molar-refractivity contribution in [1.29, 1.82) is 0 Å². The normalized spacial score (nSPS) is 16.2. The third-order valence-electron chi connectivity index (χ3n) is 7.98. The van der Waals surface area contributed by atoms with Crippen LogP contribution in [0.25, 0.3) is 16.8 Å². The van der Waals surface area contributed by atoms with Crippen LogP contribution < -0.4 is 10.5 Å². The van der Waals surface area contributed by atoms with Gasteiger partial charge in [0.25, 0.3) is 0 Å². The molecule has 0 saturated heterocycles. The van der Waals surface area contributed by atoms with Crippen molar-refractivity contribution in [2.24, 2.45) is 0 Å². The molecule has 2 aromatic carbocycles. The fourth-order valence-electron chi connectivity index (χ4n) is 5.82. The number of nitrogens with zero attached hydrogens (tertiary/aromatic N) is 3. The maximum atomic E-state index is 14.2. The van der Waals surface area contributed by atoms with E-state index in [1.165, 1.54) is 12.1 Å². The zero-order valence-corrected chi connectivity index (χ0v) is 23.0. The summed E-state index contributed by atoms with van der Waals surface area (Å²) in [6.07, 6.45) is 4.88. The fourth-order valence-corrected chi connectivity index (χ4v) is 5.82. The monoisotopic (exact) mass is 552 g/mol. The summed E-state index contributed by atoms with van der Waals surface area (Å²) in [5.41, 5.74) is 7.85. The SMILES string of the molecule is CC(=C1c2ccc(Cc3c(C4CC4)nc4c(C(C)(C)O)cccn34)cc2COc2cc(F)ccc21)c1noc(=O)[nH]1. The highest BCUT2D eigenvalue weighted by Crippen LogP contribution is 2.44. The zero-order valence-electron chi connectivity index (χ0n) is 23.0. The van der Waals surface area contributed by atoms with E-state index >= 15 is 0 Å². The molecular weight excluding hydrogens is 523 g/mol. The van der Waals surface area contributed by atoms with E-state index in [0.717, 1.165) is 57.7 Å². The Hall–Kier alpha value is -4.50. The predicted octanol–water partition coefficient (Wildman–Crippen LogP) is 5.72. The molecule has 0 spiro atoms. The Labute approximate surface area is 235 Å². The van der Waals surface area contributed by atoms with Crippen LogP contribution in [0.1, 0.15) is 84.6 Å². The van der Waals surface area contributed by atoms with Crippen LogP contribution in [0.2, 0.25) is 0 Å². The van der Waals surface area contributed by atoms with E-state index < -0.39 is 17.2 Å². The predicted molar refractivity (Wildman–Crippen MR) is 151 cm³/mol. The first-order valence-electron chi connectivity index (χ1n) is 13.7. The number of ether oxygens (including phenoxy) is 1. The van der Waals surface area contributed by atoms with Crippen molar-refractivity contribution in [3.05, 3.63) is 116 Å². The van der Waals surface area contributed by atoms with Gasteiger partial charge in [0.2, 0.25) is 0 Å². The van der Waals surface area contributed by atoms with Crippen molar-refractivity contribution in [3.8, 4) is 5.75 Å². The Morgan fingerprint density at radius 1 is 1.17 bits per heavy atom. The molecule has 1 aliphatic carbocycles. The van der Waals surface area contributed by atoms with Crippen LogP contribution in [0.3, 0.4) is 0 Å². The van der Waals surface area contributed by atoms with E-state index in [4.69, 9.17) is 14.2 Å². The fraction of sp³-hybridized carbons (Fsp3) is 0.281. The topological polar surface area (TPSA) is 106 Å². The Bertz CT molecular complexity index is 1920. The second kappa shape index (κ2) is 9.27. The molecule has 1 fully saturated rings. The largest absolute Gasteiger partial charge is 0.488 e. The van der Waals surface area contributed by atoms with Crippen molar-refractivity contribution in [2.75, 3.05) is 0 Å². The molecule has 1 saturated carbocycles. The van der Waals surface area contributed by atoms with Crippen molar-refractivity contribution in [3.63, 3.8) is 0 Å². The first-order valence-corrected chi connectivity index (χ1v) is 13.7. The van der Waals surface area contributed by atoms with Crippen LogP contribution in [0.4, 0.5) is 4.39 Å². The molecule has 8 nitrogen and oxygen atoms in total. The van der Waals surface area contributed by atoms with Crippen LogP contribution in [-0.2, 0) is 18.6 Å². The van der Waals surface area contributed by atoms with Gasteiger partial charge in [-0.15, -0.1) is 0 Å². The lowest BCUT2D eigenvalue weighted by Crippen LogP contribution is -2.17. The molecule has 2 aliphatic rings. The summed E-state index contributed by atoms with van der Waals surface area (Å²) in [7, 11) is 0. The number of rotatable bonds is 5. The highest BCUT2D eigenvalue weighted by atomic mass is 19.1. The van der Waals surface area contributed by atoms with E-state index in [-0.39, 0.29) is 6.61 Å². The zero-order chi connectivity index (χ0) is 28.5. The number of halogens is 1. The number of imidazole rings is 1. The molecule has 0 bridgehead atoms. The van der Waals surface area contributed by atoms with Gasteiger partial charge in [-0.25, -0.2) is 14.2 Å². The van der Waals surface area contributed by atoms with E-state index in [9.17, 15) is 14.3 Å². The number of aliphatic hydroxyl groups is 1. The van der Waals surface area contributed by atoms with Crippen LogP contribution in [0.15, 0.2) is 64.0 Å². The lowest BCUT2D eigenvalue weighted by atomic mass is 9.89. The van der Waals surface area contributed by atoms with Gasteiger partial charge in [0.15, 0.2) is 5.82 Å². The molecule has 7 rings (SSSR count). The number of pyridine rings is 1. The first-order chi connectivity index (χ1) is 19.7. The molecule has 1 aliphatic heterocycles. The Kier molecular flexibility index (Phi) is 5.76. The minimum absolute atomic E-state index is 0.247. The molecule has 208 valence electrons. The van der Waals surface area contributed by atoms with Crippen molar-refractivity contribution in [2.45, 2.75) is 58.2 Å². The maximum absolute atomic E-state index is 14.2. The third-order valence-corrected chi connectivity index (χ3v) is 7.98. The van der Waals surface area contributed by atoms with Crippen molar-refractivity contribution < 1.29 is 18.8 Å². The number of fused-ring (bicyclic) bond motifs is 3. The van der Waals surface area contributed by atoms with Crippen molar-refractivity contribution in [1.82, 2.24) is 19.5 Å². The van der Waals surface area contributed by atoms with Gasteiger partial charge in [-0.1, -0.05) is 29.4 Å². The standard InChI is InChI=1S/C32H29FN4O4/c1-17(29-35-31(38)41-36-29)27-22-10-6-18(13-20(22)16-40-26-15-21(33)9-11-23(26)27)14-25-28(19-7-8-19)34-30-24(32(2,3)39)5-4-12-37(25)30/h4-6,9-13,15,19,39H,7-8,14,16H2,1-3H3,(H,35,36,38). The quantitative estimate of drug-likeness (QED) is 0.289. The van der Waals surface area contributed by atoms with Crippen LogP contribution >= 0.6 is 0 Å². The average molecular weight is 553 g/mol. The van der Waals surface area contributed by atoms with E-state index in [1.807, 2.05) is 31.3 Å². The summed E-state index contributed by atoms with van der Waals surface area (Å²) < 4.78 is 27.2. The summed E-state index contributed by atoms with van der Waals surface area (Å²) >= 11 is 0. The highest BCUT2D eigenvalue weighted by Gasteiger charge is 2.32. The van der Waals surface area contributed by atoms with Gasteiger partial charge < -0.3 is 14.2 Å². The summed E-state index contributed by atoms with van der Waals surface area (Å²) in [6, 6.07) is 14.6. The molecule has 0 atom stereocenters. The summed E-state index contributed by atoms with van der Waals surface area (Å²) in [6.45, 7) is 5.66. The molecule has 4 heterocycles. The second-order valence-corrected chi connectivity index (χ2v) is 11.4. The second-order valence-electron chi connectivity index (χ2n) is 11.4. The number of hydrogen-bond acceptors (Lipinski definition) is 6. The molecule has 0 unspecified atom stereocenters. The van der Waals surface area contributed by atoms with Crippen molar-refractivity contribution >= 4 is 16.8 Å². The maximum Gasteiger partial charge on any atom is 0.439 e. The molecule has 5 aromatic rings. The van der Waals surface area contributed by atoms with Crippen LogP contribution in [0, 0.1) is 5.82 Å². The number of benzene rings is 2. The Morgan fingerprint density at radius 2 is 1.98 bits per heavy atom. The lowest BCUT2D eigenvalue weighted by Gasteiger charge is -2.18. The van der Waals surface area contributed by atoms with Crippen LogP contribution in [0.5, 0.6) is 5.75 Å². The van der Waals surface area contributed by atoms with E-state index in [0.29, 0.717) is 35.0 Å². The molecule has 41 heavy (non-hydrogen) atoms. The summed E-state index contributed by atoms with van der Waals surface area (Å²) in [5.74, 6) is 0.106. The number of nitrogens with one attached hydrogen (secondary N) is 1.